The number of rotatable bonds is 19. The van der Waals surface area contributed by atoms with Crippen molar-refractivity contribution >= 4 is 23.9 Å². The molecule has 0 aliphatic rings. The maximum atomic E-state index is 14.0. The zero-order chi connectivity index (χ0) is 34.2. The third kappa shape index (κ3) is 11.4. The van der Waals surface area contributed by atoms with Crippen LogP contribution in [0.3, 0.4) is 0 Å². The minimum atomic E-state index is -0.665. The van der Waals surface area contributed by atoms with Crippen LogP contribution in [0.5, 0.6) is 0 Å². The van der Waals surface area contributed by atoms with E-state index in [0.717, 1.165) is 18.4 Å². The fourth-order valence-corrected chi connectivity index (χ4v) is 5.35. The van der Waals surface area contributed by atoms with E-state index in [1.807, 2.05) is 76.2 Å². The van der Waals surface area contributed by atoms with Crippen LogP contribution in [0, 0.1) is 11.3 Å². The topological polar surface area (TPSA) is 114 Å². The molecule has 0 aromatic heterocycles. The molecule has 0 radical (unpaired) electrons. The molecule has 47 heavy (non-hydrogen) atoms. The molecule has 0 fully saturated rings. The Morgan fingerprint density at radius 1 is 0.915 bits per heavy atom. The minimum absolute atomic E-state index is 0.0319. The Hall–Kier alpha value is -4.37. The van der Waals surface area contributed by atoms with Crippen molar-refractivity contribution in [1.29, 1.82) is 5.41 Å². The first-order chi connectivity index (χ1) is 22.7. The van der Waals surface area contributed by atoms with Crippen LogP contribution in [0.25, 0.3) is 11.1 Å². The van der Waals surface area contributed by atoms with Crippen molar-refractivity contribution < 1.29 is 18.8 Å². The van der Waals surface area contributed by atoms with Gasteiger partial charge in [-0.25, -0.2) is 4.39 Å². The third-order valence-corrected chi connectivity index (χ3v) is 7.97. The lowest BCUT2D eigenvalue weighted by molar-refractivity contribution is -0.123. The molecule has 3 rings (SSSR count). The van der Waals surface area contributed by atoms with Crippen LogP contribution in [-0.4, -0.2) is 73.8 Å². The van der Waals surface area contributed by atoms with E-state index in [4.69, 9.17) is 5.41 Å². The van der Waals surface area contributed by atoms with Gasteiger partial charge < -0.3 is 26.3 Å². The number of hydrogen-bond acceptors (Lipinski definition) is 5. The molecule has 3 amide bonds. The number of carbonyl (C=O) groups is 3. The SMILES string of the molecule is CCCCN(CCF)C(=O)c1cc(C(=O)N[C@H](CN[C@@H](CC)C(=O)NCC(C)C)Cc2ccccc2)cc(-c2ccccc2C=N)c1. The molecule has 0 saturated carbocycles. The largest absolute Gasteiger partial charge is 0.354 e. The molecule has 2 atom stereocenters. The van der Waals surface area contributed by atoms with Crippen molar-refractivity contribution in [2.45, 2.75) is 65.5 Å². The van der Waals surface area contributed by atoms with E-state index in [2.05, 4.69) is 16.0 Å². The van der Waals surface area contributed by atoms with Gasteiger partial charge in [0, 0.05) is 49.6 Å². The molecule has 0 saturated heterocycles. The van der Waals surface area contributed by atoms with Crippen molar-refractivity contribution in [1.82, 2.24) is 20.9 Å². The standard InChI is InChI=1S/C38H50FN5O3/c1-5-7-18-44(19-17-39)38(47)32-22-30(34-16-12-11-15-29(34)24-40)21-31(23-32)36(45)43-33(20-28-13-9-8-10-14-28)26-41-35(6-2)37(46)42-25-27(3)4/h8-16,21-24,27,33,35,40-41H,5-7,17-20,25-26H2,1-4H3,(H,42,46)(H,43,45)/t33-,35-/m0/s1. The number of amides is 3. The highest BCUT2D eigenvalue weighted by Gasteiger charge is 2.23. The van der Waals surface area contributed by atoms with Crippen LogP contribution in [-0.2, 0) is 11.2 Å². The Morgan fingerprint density at radius 2 is 1.62 bits per heavy atom. The molecule has 4 N–H and O–H groups in total. The van der Waals surface area contributed by atoms with Gasteiger partial charge in [-0.15, -0.1) is 0 Å². The van der Waals surface area contributed by atoms with Gasteiger partial charge in [0.25, 0.3) is 11.8 Å². The van der Waals surface area contributed by atoms with E-state index in [1.165, 1.54) is 11.1 Å². The Bertz CT molecular complexity index is 1460. The fourth-order valence-electron chi connectivity index (χ4n) is 5.35. The van der Waals surface area contributed by atoms with Crippen molar-refractivity contribution in [3.63, 3.8) is 0 Å². The molecule has 3 aromatic carbocycles. The van der Waals surface area contributed by atoms with Crippen LogP contribution in [0.1, 0.15) is 78.8 Å². The second-order valence-electron chi connectivity index (χ2n) is 12.2. The molecule has 8 nitrogen and oxygen atoms in total. The van der Waals surface area contributed by atoms with Gasteiger partial charge in [0.1, 0.15) is 6.67 Å². The molecule has 0 bridgehead atoms. The zero-order valence-electron chi connectivity index (χ0n) is 28.2. The molecule has 3 aromatic rings. The predicted octanol–water partition coefficient (Wildman–Crippen LogP) is 6.04. The van der Waals surface area contributed by atoms with Gasteiger partial charge in [0.2, 0.25) is 5.91 Å². The molecule has 0 heterocycles. The second-order valence-corrected chi connectivity index (χ2v) is 12.2. The van der Waals surface area contributed by atoms with Crippen molar-refractivity contribution in [2.24, 2.45) is 5.92 Å². The first-order valence-electron chi connectivity index (χ1n) is 16.7. The summed E-state index contributed by atoms with van der Waals surface area (Å²) < 4.78 is 13.5. The molecular weight excluding hydrogens is 593 g/mol. The van der Waals surface area contributed by atoms with Gasteiger partial charge >= 0.3 is 0 Å². The molecule has 0 aliphatic heterocycles. The number of alkyl halides is 1. The smallest absolute Gasteiger partial charge is 0.253 e. The fraction of sp³-hybridized carbons (Fsp3) is 0.421. The summed E-state index contributed by atoms with van der Waals surface area (Å²) in [5, 5.41) is 17.4. The first-order valence-corrected chi connectivity index (χ1v) is 16.7. The monoisotopic (exact) mass is 643 g/mol. The predicted molar refractivity (Wildman–Crippen MR) is 188 cm³/mol. The van der Waals surface area contributed by atoms with Crippen LogP contribution < -0.4 is 16.0 Å². The Kier molecular flexibility index (Phi) is 15.3. The average molecular weight is 644 g/mol. The summed E-state index contributed by atoms with van der Waals surface area (Å²) in [6.07, 6.45) is 3.93. The Morgan fingerprint density at radius 3 is 2.28 bits per heavy atom. The van der Waals surface area contributed by atoms with E-state index in [1.54, 1.807) is 24.3 Å². The van der Waals surface area contributed by atoms with E-state index >= 15 is 0 Å². The summed E-state index contributed by atoms with van der Waals surface area (Å²) in [7, 11) is 0. The average Bonchev–Trinajstić information content (AvgIpc) is 3.09. The third-order valence-electron chi connectivity index (χ3n) is 7.97. The maximum Gasteiger partial charge on any atom is 0.253 e. The molecule has 0 spiro atoms. The molecule has 0 unspecified atom stereocenters. The summed E-state index contributed by atoms with van der Waals surface area (Å²) in [4.78, 5) is 42.1. The van der Waals surface area contributed by atoms with Crippen molar-refractivity contribution in [3.8, 4) is 11.1 Å². The number of nitrogens with one attached hydrogen (secondary N) is 4. The Balaban J connectivity index is 1.97. The summed E-state index contributed by atoms with van der Waals surface area (Å²) in [6, 6.07) is 21.3. The lowest BCUT2D eigenvalue weighted by Gasteiger charge is -2.24. The van der Waals surface area contributed by atoms with Gasteiger partial charge in [0.05, 0.1) is 6.04 Å². The number of hydrogen-bond donors (Lipinski definition) is 4. The normalized spacial score (nSPS) is 12.3. The molecule has 9 heteroatoms. The Labute approximate surface area is 279 Å². The van der Waals surface area contributed by atoms with Gasteiger partial charge in [-0.1, -0.05) is 88.7 Å². The zero-order valence-corrected chi connectivity index (χ0v) is 28.2. The summed E-state index contributed by atoms with van der Waals surface area (Å²) in [5.74, 6) is -0.470. The summed E-state index contributed by atoms with van der Waals surface area (Å²) in [5.41, 5.74) is 3.55. The molecular formula is C38H50FN5O3. The quantitative estimate of drug-likeness (QED) is 0.119. The van der Waals surface area contributed by atoms with E-state index in [9.17, 15) is 18.8 Å². The highest BCUT2D eigenvalue weighted by molar-refractivity contribution is 6.02. The number of benzene rings is 3. The lowest BCUT2D eigenvalue weighted by Crippen LogP contribution is -2.50. The lowest BCUT2D eigenvalue weighted by atomic mass is 9.95. The minimum Gasteiger partial charge on any atom is -0.354 e. The number of halogens is 1. The molecule has 0 aliphatic carbocycles. The summed E-state index contributed by atoms with van der Waals surface area (Å²) >= 11 is 0. The van der Waals surface area contributed by atoms with E-state index < -0.39 is 12.7 Å². The van der Waals surface area contributed by atoms with E-state index in [0.29, 0.717) is 55.1 Å². The number of nitrogens with zero attached hydrogens (tertiary/aromatic N) is 1. The van der Waals surface area contributed by atoms with Gasteiger partial charge in [-0.2, -0.15) is 0 Å². The highest BCUT2D eigenvalue weighted by Crippen LogP contribution is 2.26. The van der Waals surface area contributed by atoms with Gasteiger partial charge in [-0.05, 0) is 65.6 Å². The first kappa shape index (κ1) is 37.1. The van der Waals surface area contributed by atoms with Crippen molar-refractivity contribution in [2.75, 3.05) is 32.9 Å². The van der Waals surface area contributed by atoms with Crippen molar-refractivity contribution in [3.05, 3.63) is 95.1 Å². The second kappa shape index (κ2) is 19.3. The van der Waals surface area contributed by atoms with Crippen LogP contribution in [0.4, 0.5) is 4.39 Å². The maximum absolute atomic E-state index is 14.0. The van der Waals surface area contributed by atoms with Gasteiger partial charge in [0.15, 0.2) is 0 Å². The summed E-state index contributed by atoms with van der Waals surface area (Å²) in [6.45, 7) is 8.69. The van der Waals surface area contributed by atoms with E-state index in [-0.39, 0.29) is 41.4 Å². The number of carbonyl (C=O) groups excluding carboxylic acids is 3. The molecule has 252 valence electrons. The van der Waals surface area contributed by atoms with Crippen LogP contribution in [0.15, 0.2) is 72.8 Å². The number of unbranched alkanes of at least 4 members (excludes halogenated alkanes) is 1. The van der Waals surface area contributed by atoms with Crippen LogP contribution >= 0.6 is 0 Å². The van der Waals surface area contributed by atoms with Crippen LogP contribution in [0.2, 0.25) is 0 Å². The van der Waals surface area contributed by atoms with Gasteiger partial charge in [-0.3, -0.25) is 14.4 Å². The highest BCUT2D eigenvalue weighted by atomic mass is 19.1.